The Kier molecular flexibility index (Phi) is 14.2. The Bertz CT molecular complexity index is 339. The van der Waals surface area contributed by atoms with E-state index in [1.807, 2.05) is 6.08 Å². The van der Waals surface area contributed by atoms with Gasteiger partial charge in [-0.3, -0.25) is 0 Å². The van der Waals surface area contributed by atoms with E-state index in [1.165, 1.54) is 56.1 Å². The summed E-state index contributed by atoms with van der Waals surface area (Å²) in [5.74, 6) is 1.30. The number of rotatable bonds is 8. The van der Waals surface area contributed by atoms with Crippen LogP contribution in [0.4, 0.5) is 0 Å². The van der Waals surface area contributed by atoms with Gasteiger partial charge in [-0.1, -0.05) is 84.6 Å². The van der Waals surface area contributed by atoms with Crippen LogP contribution in [-0.4, -0.2) is 13.1 Å². The summed E-state index contributed by atoms with van der Waals surface area (Å²) in [4.78, 5) is 0. The fourth-order valence-electron chi connectivity index (χ4n) is 2.92. The summed E-state index contributed by atoms with van der Waals surface area (Å²) in [6.07, 6.45) is 16.1. The summed E-state index contributed by atoms with van der Waals surface area (Å²) in [7, 11) is 0. The van der Waals surface area contributed by atoms with E-state index in [9.17, 15) is 0 Å². The van der Waals surface area contributed by atoms with Gasteiger partial charge in [0.2, 0.25) is 0 Å². The van der Waals surface area contributed by atoms with Crippen LogP contribution in [0.2, 0.25) is 0 Å². The number of unbranched alkanes of at least 4 members (excludes halogenated alkanes) is 4. The van der Waals surface area contributed by atoms with E-state index < -0.39 is 0 Å². The Labute approximate surface area is 146 Å². The third-order valence-electron chi connectivity index (χ3n) is 4.59. The molecule has 0 saturated carbocycles. The monoisotopic (exact) mass is 319 g/mol. The van der Waals surface area contributed by atoms with Gasteiger partial charge in [0.05, 0.1) is 0 Å². The van der Waals surface area contributed by atoms with Crippen molar-refractivity contribution in [3.05, 3.63) is 36.0 Å². The maximum Gasteiger partial charge on any atom is -0.00431 e. The number of hydrogen-bond acceptors (Lipinski definition) is 1. The second kappa shape index (κ2) is 14.8. The van der Waals surface area contributed by atoms with Gasteiger partial charge in [0.1, 0.15) is 0 Å². The third kappa shape index (κ3) is 10.5. The average Bonchev–Trinajstić information content (AvgIpc) is 2.57. The summed E-state index contributed by atoms with van der Waals surface area (Å²) in [5.41, 5.74) is 2.84. The Morgan fingerprint density at radius 1 is 1.09 bits per heavy atom. The van der Waals surface area contributed by atoms with Crippen LogP contribution in [0, 0.1) is 11.8 Å². The summed E-state index contributed by atoms with van der Waals surface area (Å²) < 4.78 is 0. The molecule has 0 aromatic heterocycles. The molecule has 1 heterocycles. The first-order chi connectivity index (χ1) is 11.1. The predicted molar refractivity (Wildman–Crippen MR) is 107 cm³/mol. The Hall–Kier alpha value is -0.820. The minimum Gasteiger partial charge on any atom is -0.317 e. The first kappa shape index (κ1) is 22.2. The van der Waals surface area contributed by atoms with E-state index in [4.69, 9.17) is 0 Å². The molecule has 0 radical (unpaired) electrons. The molecule has 1 fully saturated rings. The van der Waals surface area contributed by atoms with Gasteiger partial charge in [-0.15, -0.1) is 0 Å². The smallest absolute Gasteiger partial charge is 0.00431 e. The molecule has 0 aromatic carbocycles. The molecule has 0 unspecified atom stereocenters. The highest BCUT2D eigenvalue weighted by Gasteiger charge is 2.16. The lowest BCUT2D eigenvalue weighted by molar-refractivity contribution is 0.424. The van der Waals surface area contributed by atoms with Crippen molar-refractivity contribution in [2.24, 2.45) is 11.8 Å². The molecule has 1 N–H and O–H groups in total. The van der Waals surface area contributed by atoms with Crippen molar-refractivity contribution < 1.29 is 0 Å². The maximum absolute atomic E-state index is 3.91. The summed E-state index contributed by atoms with van der Waals surface area (Å²) >= 11 is 0. The Morgan fingerprint density at radius 3 is 2.04 bits per heavy atom. The van der Waals surface area contributed by atoms with Crippen molar-refractivity contribution >= 4 is 0 Å². The maximum atomic E-state index is 3.91. The van der Waals surface area contributed by atoms with Gasteiger partial charge in [-0.05, 0) is 55.8 Å². The van der Waals surface area contributed by atoms with Crippen molar-refractivity contribution in [3.63, 3.8) is 0 Å². The molecule has 1 aliphatic heterocycles. The largest absolute Gasteiger partial charge is 0.317 e. The molecule has 0 spiro atoms. The van der Waals surface area contributed by atoms with Crippen LogP contribution in [0.15, 0.2) is 36.0 Å². The second-order valence-electron chi connectivity index (χ2n) is 6.88. The van der Waals surface area contributed by atoms with Crippen LogP contribution in [-0.2, 0) is 0 Å². The van der Waals surface area contributed by atoms with Crippen molar-refractivity contribution in [3.8, 4) is 0 Å². The van der Waals surface area contributed by atoms with Gasteiger partial charge in [-0.2, -0.15) is 0 Å². The summed E-state index contributed by atoms with van der Waals surface area (Å²) in [5, 5.41) is 3.42. The normalized spacial score (nSPS) is 17.0. The first-order valence-corrected chi connectivity index (χ1v) is 9.81. The van der Waals surface area contributed by atoms with E-state index in [0.29, 0.717) is 5.92 Å². The van der Waals surface area contributed by atoms with Crippen LogP contribution in [0.1, 0.15) is 79.6 Å². The molecule has 1 nitrogen and oxygen atoms in total. The summed E-state index contributed by atoms with van der Waals surface area (Å²) in [6.45, 7) is 17.3. The van der Waals surface area contributed by atoms with E-state index in [1.54, 1.807) is 0 Å². The van der Waals surface area contributed by atoms with E-state index in [2.05, 4.69) is 58.7 Å². The fourth-order valence-corrected chi connectivity index (χ4v) is 2.92. The average molecular weight is 320 g/mol. The third-order valence-corrected chi connectivity index (χ3v) is 4.59. The van der Waals surface area contributed by atoms with Gasteiger partial charge in [0, 0.05) is 0 Å². The molecular weight excluding hydrogens is 278 g/mol. The Balaban J connectivity index is 0.000000585. The standard InChI is InChI=1S/C15H25N.C7H16/c1-5-13(12(3)4)11-14(6-2)15-7-9-16-10-8-15;1-3-5-7-6-4-2/h5-6,11-12,15-16H,1,7-10H2,2-4H3;3-7H2,1-2H3/b13-11+,14-6+;. The second-order valence-corrected chi connectivity index (χ2v) is 6.88. The Morgan fingerprint density at radius 2 is 1.65 bits per heavy atom. The molecule has 23 heavy (non-hydrogen) atoms. The molecule has 0 atom stereocenters. The van der Waals surface area contributed by atoms with Gasteiger partial charge >= 0.3 is 0 Å². The highest BCUT2D eigenvalue weighted by molar-refractivity contribution is 5.32. The van der Waals surface area contributed by atoms with Crippen LogP contribution < -0.4 is 5.32 Å². The van der Waals surface area contributed by atoms with E-state index in [0.717, 1.165) is 19.0 Å². The highest BCUT2D eigenvalue weighted by Crippen LogP contribution is 2.25. The van der Waals surface area contributed by atoms with Gasteiger partial charge in [-0.25, -0.2) is 0 Å². The first-order valence-electron chi connectivity index (χ1n) is 9.81. The molecule has 0 bridgehead atoms. The van der Waals surface area contributed by atoms with Crippen molar-refractivity contribution in [1.29, 1.82) is 0 Å². The SMILES string of the molecule is C=C/C(=C\C(=C/C)C1CCNCC1)C(C)C.CCCCCCC. The molecule has 1 rings (SSSR count). The van der Waals surface area contributed by atoms with Crippen LogP contribution >= 0.6 is 0 Å². The summed E-state index contributed by atoms with van der Waals surface area (Å²) in [6, 6.07) is 0. The van der Waals surface area contributed by atoms with Crippen LogP contribution in [0.3, 0.4) is 0 Å². The van der Waals surface area contributed by atoms with E-state index in [-0.39, 0.29) is 0 Å². The zero-order valence-electron chi connectivity index (χ0n) is 16.5. The highest BCUT2D eigenvalue weighted by atomic mass is 14.9. The molecular formula is C22H41N. The lowest BCUT2D eigenvalue weighted by atomic mass is 9.87. The molecule has 1 saturated heterocycles. The predicted octanol–water partition coefficient (Wildman–Crippen LogP) is 6.68. The molecule has 0 aromatic rings. The molecule has 0 aliphatic carbocycles. The fraction of sp³-hybridized carbons (Fsp3) is 0.727. The minimum absolute atomic E-state index is 0.564. The number of nitrogens with one attached hydrogen (secondary N) is 1. The molecule has 0 amide bonds. The van der Waals surface area contributed by atoms with E-state index >= 15 is 0 Å². The molecule has 1 aliphatic rings. The van der Waals surface area contributed by atoms with Gasteiger partial charge < -0.3 is 5.32 Å². The lowest BCUT2D eigenvalue weighted by Gasteiger charge is -2.24. The van der Waals surface area contributed by atoms with Crippen molar-refractivity contribution in [1.82, 2.24) is 5.32 Å². The van der Waals surface area contributed by atoms with Gasteiger partial charge in [0.15, 0.2) is 0 Å². The number of piperidine rings is 1. The van der Waals surface area contributed by atoms with Crippen molar-refractivity contribution in [2.75, 3.05) is 13.1 Å². The number of hydrogen-bond donors (Lipinski definition) is 1. The van der Waals surface area contributed by atoms with Crippen molar-refractivity contribution in [2.45, 2.75) is 79.6 Å². The molecule has 1 heteroatoms. The van der Waals surface area contributed by atoms with Gasteiger partial charge in [0.25, 0.3) is 0 Å². The zero-order valence-corrected chi connectivity index (χ0v) is 16.5. The lowest BCUT2D eigenvalue weighted by Crippen LogP contribution is -2.28. The van der Waals surface area contributed by atoms with Crippen LogP contribution in [0.5, 0.6) is 0 Å². The topological polar surface area (TPSA) is 12.0 Å². The molecule has 134 valence electrons. The van der Waals surface area contributed by atoms with Crippen LogP contribution in [0.25, 0.3) is 0 Å². The quantitative estimate of drug-likeness (QED) is 0.389. The zero-order chi connectivity index (χ0) is 17.5. The number of allylic oxidation sites excluding steroid dienone is 5. The minimum atomic E-state index is 0.564.